The number of ether oxygens (including phenoxy) is 1. The summed E-state index contributed by atoms with van der Waals surface area (Å²) >= 11 is 0. The van der Waals surface area contributed by atoms with E-state index in [0.717, 1.165) is 29.1 Å². The van der Waals surface area contributed by atoms with Gasteiger partial charge in [0.1, 0.15) is 5.76 Å². The van der Waals surface area contributed by atoms with Gasteiger partial charge in [-0.05, 0) is 66.5 Å². The van der Waals surface area contributed by atoms with Crippen LogP contribution >= 0.6 is 0 Å². The topological polar surface area (TPSA) is 59.6 Å². The SMILES string of the molecule is C=C(/C=C\C(OC)=C(C)C)CNC(C)c1cccc2ccccc12.NC=Nc1ccccc1. The molecule has 0 aliphatic rings. The van der Waals surface area contributed by atoms with Crippen LogP contribution in [-0.4, -0.2) is 20.0 Å². The van der Waals surface area contributed by atoms with Crippen molar-refractivity contribution in [2.75, 3.05) is 13.7 Å². The Labute approximate surface area is 198 Å². The fraction of sp³-hybridized carbons (Fsp3) is 0.207. The Morgan fingerprint density at radius 1 is 1.00 bits per heavy atom. The van der Waals surface area contributed by atoms with E-state index in [1.807, 2.05) is 56.3 Å². The van der Waals surface area contributed by atoms with Gasteiger partial charge in [-0.25, -0.2) is 4.99 Å². The highest BCUT2D eigenvalue weighted by molar-refractivity contribution is 5.86. The van der Waals surface area contributed by atoms with E-state index < -0.39 is 0 Å². The van der Waals surface area contributed by atoms with E-state index >= 15 is 0 Å². The maximum atomic E-state index is 5.34. The molecule has 172 valence electrons. The fourth-order valence-electron chi connectivity index (χ4n) is 3.31. The van der Waals surface area contributed by atoms with Gasteiger partial charge in [-0.2, -0.15) is 0 Å². The zero-order chi connectivity index (χ0) is 24.1. The number of rotatable bonds is 8. The molecule has 3 aromatic rings. The van der Waals surface area contributed by atoms with Crippen LogP contribution in [0.5, 0.6) is 0 Å². The van der Waals surface area contributed by atoms with Gasteiger partial charge in [0.25, 0.3) is 0 Å². The van der Waals surface area contributed by atoms with Gasteiger partial charge in [0.05, 0.1) is 19.1 Å². The molecule has 0 aromatic heterocycles. The van der Waals surface area contributed by atoms with E-state index in [1.54, 1.807) is 7.11 Å². The minimum atomic E-state index is 0.256. The summed E-state index contributed by atoms with van der Waals surface area (Å²) in [7, 11) is 1.69. The first kappa shape index (κ1) is 25.6. The van der Waals surface area contributed by atoms with Crippen molar-refractivity contribution in [3.63, 3.8) is 0 Å². The molecular formula is C29H35N3O. The Hall–Kier alpha value is -3.63. The first-order valence-corrected chi connectivity index (χ1v) is 11.0. The van der Waals surface area contributed by atoms with Crippen molar-refractivity contribution in [3.8, 4) is 0 Å². The lowest BCUT2D eigenvalue weighted by atomic mass is 9.99. The molecular weight excluding hydrogens is 406 g/mol. The molecule has 0 aliphatic carbocycles. The zero-order valence-corrected chi connectivity index (χ0v) is 20.1. The van der Waals surface area contributed by atoms with E-state index in [-0.39, 0.29) is 6.04 Å². The maximum Gasteiger partial charge on any atom is 0.117 e. The smallest absolute Gasteiger partial charge is 0.117 e. The number of hydrogen-bond donors (Lipinski definition) is 2. The van der Waals surface area contributed by atoms with E-state index in [0.29, 0.717) is 0 Å². The maximum absolute atomic E-state index is 5.34. The molecule has 1 atom stereocenters. The summed E-state index contributed by atoms with van der Waals surface area (Å²) in [6.45, 7) is 11.1. The molecule has 3 aromatic carbocycles. The van der Waals surface area contributed by atoms with Crippen LogP contribution in [-0.2, 0) is 4.74 Å². The molecule has 4 heteroatoms. The monoisotopic (exact) mass is 441 g/mol. The third-order valence-corrected chi connectivity index (χ3v) is 5.09. The summed E-state index contributed by atoms with van der Waals surface area (Å²) in [5.74, 6) is 0.887. The molecule has 0 bridgehead atoms. The highest BCUT2D eigenvalue weighted by Crippen LogP contribution is 2.24. The number of nitrogens with zero attached hydrogens (tertiary/aromatic N) is 1. The van der Waals surface area contributed by atoms with E-state index in [4.69, 9.17) is 10.5 Å². The van der Waals surface area contributed by atoms with Gasteiger partial charge in [0, 0.05) is 12.6 Å². The summed E-state index contributed by atoms with van der Waals surface area (Å²) in [5, 5.41) is 6.13. The van der Waals surface area contributed by atoms with Crippen molar-refractivity contribution < 1.29 is 4.74 Å². The molecule has 0 saturated heterocycles. The second-order valence-corrected chi connectivity index (χ2v) is 7.84. The Balaban J connectivity index is 0.000000357. The molecule has 0 fully saturated rings. The average molecular weight is 442 g/mol. The predicted molar refractivity (Wildman–Crippen MR) is 143 cm³/mol. The Kier molecular flexibility index (Phi) is 10.6. The molecule has 0 heterocycles. The molecule has 0 aliphatic heterocycles. The molecule has 0 radical (unpaired) electrons. The van der Waals surface area contributed by atoms with Gasteiger partial charge in [-0.1, -0.05) is 73.3 Å². The standard InChI is InChI=1S/C22H27NO.C7H8N2/c1-16(2)22(24-5)14-13-17(3)15-23-18(4)20-12-8-10-19-9-6-7-11-21(19)20;8-6-9-7-4-2-1-3-5-7/h6-14,18,23H,3,15H2,1-2,4-5H3;1-6H,(H2,8,9)/b14-13-;. The number of nitrogens with one attached hydrogen (secondary N) is 1. The predicted octanol–water partition coefficient (Wildman–Crippen LogP) is 6.85. The number of aliphatic imine (C=N–C) groups is 1. The summed E-state index contributed by atoms with van der Waals surface area (Å²) in [6.07, 6.45) is 5.27. The van der Waals surface area contributed by atoms with Crippen LogP contribution in [0.3, 0.4) is 0 Å². The molecule has 33 heavy (non-hydrogen) atoms. The van der Waals surface area contributed by atoms with Crippen LogP contribution in [0, 0.1) is 0 Å². The Morgan fingerprint density at radius 3 is 2.33 bits per heavy atom. The number of fused-ring (bicyclic) bond motifs is 1. The minimum absolute atomic E-state index is 0.256. The van der Waals surface area contributed by atoms with Crippen molar-refractivity contribution in [1.29, 1.82) is 0 Å². The largest absolute Gasteiger partial charge is 0.497 e. The third kappa shape index (κ3) is 8.43. The number of hydrogen-bond acceptors (Lipinski definition) is 3. The van der Waals surface area contributed by atoms with Crippen LogP contribution in [0.15, 0.2) is 113 Å². The summed E-state index contributed by atoms with van der Waals surface area (Å²) < 4.78 is 5.34. The highest BCUT2D eigenvalue weighted by Gasteiger charge is 2.08. The molecule has 1 unspecified atom stereocenters. The summed E-state index contributed by atoms with van der Waals surface area (Å²) in [6, 6.07) is 24.8. The van der Waals surface area contributed by atoms with E-state index in [2.05, 4.69) is 66.3 Å². The molecule has 3 N–H and O–H groups in total. The first-order valence-electron chi connectivity index (χ1n) is 11.0. The van der Waals surface area contributed by atoms with Crippen LogP contribution in [0.2, 0.25) is 0 Å². The highest BCUT2D eigenvalue weighted by atomic mass is 16.5. The molecule has 0 saturated carbocycles. The third-order valence-electron chi connectivity index (χ3n) is 5.09. The average Bonchev–Trinajstić information content (AvgIpc) is 2.83. The molecule has 0 spiro atoms. The van der Waals surface area contributed by atoms with Gasteiger partial charge >= 0.3 is 0 Å². The molecule has 4 nitrogen and oxygen atoms in total. The fourth-order valence-corrected chi connectivity index (χ4v) is 3.31. The second-order valence-electron chi connectivity index (χ2n) is 7.84. The van der Waals surface area contributed by atoms with Gasteiger partial charge in [-0.3, -0.25) is 0 Å². The number of methoxy groups -OCH3 is 1. The Morgan fingerprint density at radius 2 is 1.67 bits per heavy atom. The van der Waals surface area contributed by atoms with Gasteiger partial charge in [0.2, 0.25) is 0 Å². The van der Waals surface area contributed by atoms with Crippen LogP contribution in [0.1, 0.15) is 32.4 Å². The van der Waals surface area contributed by atoms with Crippen molar-refractivity contribution in [3.05, 3.63) is 114 Å². The normalized spacial score (nSPS) is 11.8. The van der Waals surface area contributed by atoms with Gasteiger partial charge in [0.15, 0.2) is 0 Å². The number of allylic oxidation sites excluding steroid dienone is 2. The summed E-state index contributed by atoms with van der Waals surface area (Å²) in [4.78, 5) is 3.86. The first-order chi connectivity index (χ1) is 16.0. The van der Waals surface area contributed by atoms with Crippen LogP contribution < -0.4 is 11.1 Å². The van der Waals surface area contributed by atoms with Crippen molar-refractivity contribution in [2.24, 2.45) is 10.7 Å². The lowest BCUT2D eigenvalue weighted by molar-refractivity contribution is 0.302. The number of para-hydroxylation sites is 1. The summed E-state index contributed by atoms with van der Waals surface area (Å²) in [5.41, 5.74) is 9.45. The quantitative estimate of drug-likeness (QED) is 0.174. The minimum Gasteiger partial charge on any atom is -0.497 e. The van der Waals surface area contributed by atoms with E-state index in [9.17, 15) is 0 Å². The lowest BCUT2D eigenvalue weighted by Gasteiger charge is -2.17. The lowest BCUT2D eigenvalue weighted by Crippen LogP contribution is -2.20. The number of benzene rings is 3. The van der Waals surface area contributed by atoms with Gasteiger partial charge in [-0.15, -0.1) is 0 Å². The molecule has 0 amide bonds. The molecule has 3 rings (SSSR count). The van der Waals surface area contributed by atoms with E-state index in [1.165, 1.54) is 22.7 Å². The van der Waals surface area contributed by atoms with Gasteiger partial charge < -0.3 is 15.8 Å². The van der Waals surface area contributed by atoms with Crippen molar-refractivity contribution in [1.82, 2.24) is 5.32 Å². The van der Waals surface area contributed by atoms with Crippen molar-refractivity contribution >= 4 is 22.8 Å². The van der Waals surface area contributed by atoms with Crippen LogP contribution in [0.4, 0.5) is 5.69 Å². The van der Waals surface area contributed by atoms with Crippen LogP contribution in [0.25, 0.3) is 10.8 Å². The Bertz CT molecular complexity index is 1100. The second kappa shape index (κ2) is 13.7. The zero-order valence-electron chi connectivity index (χ0n) is 20.1. The number of nitrogens with two attached hydrogens (primary N) is 1. The van der Waals surface area contributed by atoms with Crippen molar-refractivity contribution in [2.45, 2.75) is 26.8 Å².